The van der Waals surface area contributed by atoms with Crippen molar-refractivity contribution in [2.75, 3.05) is 20.3 Å². The summed E-state index contributed by atoms with van der Waals surface area (Å²) in [6.45, 7) is 7.13. The first kappa shape index (κ1) is 17.4. The zero-order chi connectivity index (χ0) is 13.8. The minimum atomic E-state index is -0.671. The van der Waals surface area contributed by atoms with E-state index in [0.717, 1.165) is 44.3 Å². The molecule has 0 saturated heterocycles. The van der Waals surface area contributed by atoms with Gasteiger partial charge in [0.25, 0.3) is 0 Å². The van der Waals surface area contributed by atoms with Crippen LogP contribution in [0, 0.1) is 5.92 Å². The van der Waals surface area contributed by atoms with Gasteiger partial charge in [-0.05, 0) is 31.6 Å². The predicted molar refractivity (Wildman–Crippen MR) is 74.1 cm³/mol. The summed E-state index contributed by atoms with van der Waals surface area (Å²) in [6, 6.07) is 0. The van der Waals surface area contributed by atoms with Gasteiger partial charge in [-0.25, -0.2) is 0 Å². The quantitative estimate of drug-likeness (QED) is 0.371. The first-order chi connectivity index (χ1) is 8.63. The number of aliphatic hydroxyl groups excluding tert-OH is 2. The lowest BCUT2D eigenvalue weighted by Gasteiger charge is -2.17. The molecule has 0 radical (unpaired) electrons. The van der Waals surface area contributed by atoms with Gasteiger partial charge in [0, 0.05) is 26.0 Å². The number of unbranched alkanes of at least 4 members (excludes halogenated alkanes) is 1. The molecule has 0 saturated carbocycles. The van der Waals surface area contributed by atoms with Gasteiger partial charge in [-0.1, -0.05) is 26.3 Å². The van der Waals surface area contributed by atoms with Crippen LogP contribution in [0.2, 0.25) is 0 Å². The van der Waals surface area contributed by atoms with E-state index >= 15 is 0 Å². The molecule has 108 valence electrons. The van der Waals surface area contributed by atoms with Crippen LogP contribution in [0.5, 0.6) is 0 Å². The van der Waals surface area contributed by atoms with Crippen molar-refractivity contribution in [2.24, 2.45) is 5.92 Å². The molecule has 18 heavy (non-hydrogen) atoms. The first-order valence-corrected chi connectivity index (χ1v) is 6.87. The summed E-state index contributed by atoms with van der Waals surface area (Å²) in [4.78, 5) is 0. The zero-order valence-electron chi connectivity index (χ0n) is 11.8. The number of ether oxygens (including phenoxy) is 1. The molecule has 0 aliphatic heterocycles. The van der Waals surface area contributed by atoms with Crippen molar-refractivity contribution in [3.63, 3.8) is 0 Å². The second-order valence-electron chi connectivity index (χ2n) is 4.76. The van der Waals surface area contributed by atoms with E-state index in [2.05, 4.69) is 18.8 Å². The van der Waals surface area contributed by atoms with Crippen molar-refractivity contribution >= 4 is 0 Å². The van der Waals surface area contributed by atoms with Gasteiger partial charge in [-0.15, -0.1) is 0 Å². The SMILES string of the molecule is C=C(CC(CO)CCCC)NCCCC(O)OC. The summed E-state index contributed by atoms with van der Waals surface area (Å²) in [6.07, 6.45) is 4.97. The van der Waals surface area contributed by atoms with Gasteiger partial charge in [0.05, 0.1) is 0 Å². The maximum absolute atomic E-state index is 9.26. The molecule has 4 heteroatoms. The molecule has 0 spiro atoms. The Balaban J connectivity index is 3.62. The monoisotopic (exact) mass is 259 g/mol. The standard InChI is InChI=1S/C14H29NO3/c1-4-5-7-13(11-16)10-12(2)15-9-6-8-14(17)18-3/h13-17H,2,4-11H2,1,3H3. The van der Waals surface area contributed by atoms with Crippen LogP contribution >= 0.6 is 0 Å². The third kappa shape index (κ3) is 9.45. The highest BCUT2D eigenvalue weighted by atomic mass is 16.6. The van der Waals surface area contributed by atoms with Gasteiger partial charge in [-0.2, -0.15) is 0 Å². The Morgan fingerprint density at radius 1 is 1.33 bits per heavy atom. The van der Waals surface area contributed by atoms with Gasteiger partial charge < -0.3 is 20.3 Å². The van der Waals surface area contributed by atoms with E-state index < -0.39 is 6.29 Å². The average Bonchev–Trinajstić information content (AvgIpc) is 2.39. The van der Waals surface area contributed by atoms with Crippen molar-refractivity contribution in [3.8, 4) is 0 Å². The lowest BCUT2D eigenvalue weighted by molar-refractivity contribution is -0.0788. The van der Waals surface area contributed by atoms with E-state index in [1.807, 2.05) is 0 Å². The molecule has 0 aliphatic rings. The van der Waals surface area contributed by atoms with Crippen LogP contribution in [0.4, 0.5) is 0 Å². The van der Waals surface area contributed by atoms with Crippen LogP contribution in [0.15, 0.2) is 12.3 Å². The molecule has 0 rings (SSSR count). The number of allylic oxidation sites excluding steroid dienone is 1. The summed E-state index contributed by atoms with van der Waals surface area (Å²) in [7, 11) is 1.50. The maximum atomic E-state index is 9.26. The van der Waals surface area contributed by atoms with E-state index in [-0.39, 0.29) is 6.61 Å². The molecule has 0 amide bonds. The normalized spacial score (nSPS) is 14.2. The van der Waals surface area contributed by atoms with Gasteiger partial charge in [0.15, 0.2) is 6.29 Å². The van der Waals surface area contributed by atoms with E-state index in [1.54, 1.807) is 0 Å². The Hall–Kier alpha value is -0.580. The molecular formula is C14H29NO3. The predicted octanol–water partition coefficient (Wildman–Crippen LogP) is 2.02. The number of methoxy groups -OCH3 is 1. The molecule has 3 N–H and O–H groups in total. The second kappa shape index (κ2) is 11.5. The number of hydrogen-bond donors (Lipinski definition) is 3. The Morgan fingerprint density at radius 3 is 2.61 bits per heavy atom. The van der Waals surface area contributed by atoms with E-state index in [4.69, 9.17) is 4.74 Å². The topological polar surface area (TPSA) is 61.7 Å². The van der Waals surface area contributed by atoms with Crippen molar-refractivity contribution < 1.29 is 14.9 Å². The largest absolute Gasteiger partial charge is 0.396 e. The van der Waals surface area contributed by atoms with Crippen LogP contribution in [-0.4, -0.2) is 36.8 Å². The van der Waals surface area contributed by atoms with E-state index in [1.165, 1.54) is 7.11 Å². The fraction of sp³-hybridized carbons (Fsp3) is 0.857. The van der Waals surface area contributed by atoms with Crippen molar-refractivity contribution in [1.29, 1.82) is 0 Å². The Bertz CT molecular complexity index is 209. The number of aliphatic hydroxyl groups is 2. The molecule has 0 fully saturated rings. The van der Waals surface area contributed by atoms with Crippen LogP contribution in [0.3, 0.4) is 0 Å². The molecule has 0 aromatic rings. The number of hydrogen-bond acceptors (Lipinski definition) is 4. The maximum Gasteiger partial charge on any atom is 0.154 e. The first-order valence-electron chi connectivity index (χ1n) is 6.87. The summed E-state index contributed by atoms with van der Waals surface area (Å²) in [5, 5.41) is 21.7. The minimum absolute atomic E-state index is 0.225. The molecule has 0 aliphatic carbocycles. The molecule has 0 aromatic carbocycles. The average molecular weight is 259 g/mol. The Morgan fingerprint density at radius 2 is 2.06 bits per heavy atom. The molecule has 4 nitrogen and oxygen atoms in total. The fourth-order valence-corrected chi connectivity index (χ4v) is 1.83. The Labute approximate surface area is 111 Å². The molecule has 0 bridgehead atoms. The van der Waals surface area contributed by atoms with Gasteiger partial charge in [0.1, 0.15) is 0 Å². The molecule has 0 aromatic heterocycles. The smallest absolute Gasteiger partial charge is 0.154 e. The summed E-state index contributed by atoms with van der Waals surface area (Å²) < 4.78 is 4.76. The summed E-state index contributed by atoms with van der Waals surface area (Å²) in [5.41, 5.74) is 0.969. The summed E-state index contributed by atoms with van der Waals surface area (Å²) in [5.74, 6) is 0.314. The fourth-order valence-electron chi connectivity index (χ4n) is 1.83. The molecular weight excluding hydrogens is 230 g/mol. The summed E-state index contributed by atoms with van der Waals surface area (Å²) >= 11 is 0. The zero-order valence-corrected chi connectivity index (χ0v) is 11.8. The second-order valence-corrected chi connectivity index (χ2v) is 4.76. The highest BCUT2D eigenvalue weighted by molar-refractivity contribution is 4.92. The van der Waals surface area contributed by atoms with Crippen LogP contribution in [-0.2, 0) is 4.74 Å². The molecule has 2 atom stereocenters. The Kier molecular flexibility index (Phi) is 11.1. The van der Waals surface area contributed by atoms with Crippen molar-refractivity contribution in [3.05, 3.63) is 12.3 Å². The highest BCUT2D eigenvalue weighted by Crippen LogP contribution is 2.15. The highest BCUT2D eigenvalue weighted by Gasteiger charge is 2.08. The third-order valence-corrected chi connectivity index (χ3v) is 3.03. The third-order valence-electron chi connectivity index (χ3n) is 3.03. The van der Waals surface area contributed by atoms with Crippen LogP contribution in [0.1, 0.15) is 45.4 Å². The number of rotatable bonds is 12. The van der Waals surface area contributed by atoms with E-state index in [9.17, 15) is 10.2 Å². The van der Waals surface area contributed by atoms with Crippen molar-refractivity contribution in [2.45, 2.75) is 51.7 Å². The van der Waals surface area contributed by atoms with Gasteiger partial charge >= 0.3 is 0 Å². The molecule has 2 unspecified atom stereocenters. The van der Waals surface area contributed by atoms with E-state index in [0.29, 0.717) is 12.3 Å². The lowest BCUT2D eigenvalue weighted by atomic mass is 9.98. The van der Waals surface area contributed by atoms with Crippen LogP contribution < -0.4 is 5.32 Å². The van der Waals surface area contributed by atoms with Gasteiger partial charge in [0.2, 0.25) is 0 Å². The number of nitrogens with one attached hydrogen (secondary N) is 1. The lowest BCUT2D eigenvalue weighted by Crippen LogP contribution is -2.20. The minimum Gasteiger partial charge on any atom is -0.396 e. The van der Waals surface area contributed by atoms with Gasteiger partial charge in [-0.3, -0.25) is 0 Å². The van der Waals surface area contributed by atoms with Crippen molar-refractivity contribution in [1.82, 2.24) is 5.32 Å². The molecule has 0 heterocycles. The van der Waals surface area contributed by atoms with Crippen LogP contribution in [0.25, 0.3) is 0 Å².